The van der Waals surface area contributed by atoms with E-state index in [1.54, 1.807) is 0 Å². The molecule has 0 radical (unpaired) electrons. The van der Waals surface area contributed by atoms with Crippen LogP contribution in [-0.4, -0.2) is 0 Å². The van der Waals surface area contributed by atoms with Gasteiger partial charge in [-0.15, -0.1) is 0 Å². The van der Waals surface area contributed by atoms with Crippen molar-refractivity contribution in [3.8, 4) is 33.4 Å². The van der Waals surface area contributed by atoms with Gasteiger partial charge in [-0.1, -0.05) is 182 Å². The summed E-state index contributed by atoms with van der Waals surface area (Å²) in [5.74, 6) is 0. The molecule has 1 aromatic heterocycles. The van der Waals surface area contributed by atoms with E-state index in [4.69, 9.17) is 4.42 Å². The van der Waals surface area contributed by atoms with Crippen molar-refractivity contribution in [2.45, 2.75) is 5.41 Å². The maximum atomic E-state index is 6.56. The maximum Gasteiger partial charge on any atom is 0.136 e. The van der Waals surface area contributed by atoms with Crippen LogP contribution < -0.4 is 0 Å². The molecule has 1 aliphatic carbocycles. The van der Waals surface area contributed by atoms with Gasteiger partial charge in [0.15, 0.2) is 0 Å². The lowest BCUT2D eigenvalue weighted by atomic mass is 9.67. The Morgan fingerprint density at radius 2 is 0.833 bits per heavy atom. The van der Waals surface area contributed by atoms with Crippen molar-refractivity contribution < 1.29 is 4.42 Å². The molecule has 0 atom stereocenters. The lowest BCUT2D eigenvalue weighted by Crippen LogP contribution is -2.28. The Kier molecular flexibility index (Phi) is 7.00. The highest BCUT2D eigenvalue weighted by atomic mass is 16.3. The summed E-state index contributed by atoms with van der Waals surface area (Å²) in [6.45, 7) is 0. The molecule has 1 heterocycles. The number of benzene rings is 11. The SMILES string of the molecule is c1ccc(C2(c3ccccc3)c3cc(-c4c5ccccc5cc5c4ccc4ccccc45)ccc3-c3c2cc2ccccc2c3-c2ccc3c(c2)oc2ccccc23)cc1. The Morgan fingerprint density at radius 1 is 0.283 bits per heavy atom. The van der Waals surface area contributed by atoms with E-state index in [-0.39, 0.29) is 0 Å². The zero-order valence-electron chi connectivity index (χ0n) is 32.7. The Labute approximate surface area is 347 Å². The van der Waals surface area contributed by atoms with Gasteiger partial charge in [0.2, 0.25) is 0 Å². The Bertz CT molecular complexity index is 3660. The lowest BCUT2D eigenvalue weighted by Gasteiger charge is -2.34. The normalized spacial score (nSPS) is 13.1. The average Bonchev–Trinajstić information content (AvgIpc) is 3.83. The second-order valence-electron chi connectivity index (χ2n) is 16.3. The van der Waals surface area contributed by atoms with E-state index in [2.05, 4.69) is 212 Å². The minimum absolute atomic E-state index is 0.613. The third-order valence-corrected chi connectivity index (χ3v) is 13.3. The van der Waals surface area contributed by atoms with E-state index in [0.717, 1.165) is 27.5 Å². The van der Waals surface area contributed by atoms with Crippen LogP contribution >= 0.6 is 0 Å². The summed E-state index contributed by atoms with van der Waals surface area (Å²) in [7, 11) is 0. The molecule has 1 aliphatic rings. The molecular weight excluding hydrogens is 725 g/mol. The first kappa shape index (κ1) is 33.3. The number of fused-ring (bicyclic) bond motifs is 11. The molecule has 0 fully saturated rings. The molecule has 12 aromatic rings. The smallest absolute Gasteiger partial charge is 0.136 e. The third kappa shape index (κ3) is 4.58. The summed E-state index contributed by atoms with van der Waals surface area (Å²) < 4.78 is 6.56. The highest BCUT2D eigenvalue weighted by molar-refractivity contribution is 6.20. The van der Waals surface area contributed by atoms with Crippen molar-refractivity contribution in [1.29, 1.82) is 0 Å². The van der Waals surface area contributed by atoms with Crippen LogP contribution in [0.25, 0.3) is 98.4 Å². The third-order valence-electron chi connectivity index (χ3n) is 13.3. The summed E-state index contributed by atoms with van der Waals surface area (Å²) in [5.41, 5.74) is 13.6. The van der Waals surface area contributed by atoms with Crippen molar-refractivity contribution in [3.63, 3.8) is 0 Å². The second-order valence-corrected chi connectivity index (χ2v) is 16.3. The van der Waals surface area contributed by atoms with Crippen molar-refractivity contribution in [2.24, 2.45) is 0 Å². The van der Waals surface area contributed by atoms with Gasteiger partial charge >= 0.3 is 0 Å². The molecule has 278 valence electrons. The van der Waals surface area contributed by atoms with Crippen LogP contribution in [-0.2, 0) is 5.41 Å². The van der Waals surface area contributed by atoms with Gasteiger partial charge in [-0.3, -0.25) is 0 Å². The van der Waals surface area contributed by atoms with Gasteiger partial charge < -0.3 is 4.42 Å². The predicted molar refractivity (Wildman–Crippen MR) is 252 cm³/mol. The number of hydrogen-bond acceptors (Lipinski definition) is 1. The van der Waals surface area contributed by atoms with Crippen molar-refractivity contribution >= 4 is 65.0 Å². The van der Waals surface area contributed by atoms with Gasteiger partial charge in [-0.2, -0.15) is 0 Å². The Morgan fingerprint density at radius 3 is 1.58 bits per heavy atom. The fourth-order valence-corrected chi connectivity index (χ4v) is 10.8. The van der Waals surface area contributed by atoms with E-state index < -0.39 is 5.41 Å². The molecule has 0 bridgehead atoms. The van der Waals surface area contributed by atoms with Crippen molar-refractivity contribution in [3.05, 3.63) is 241 Å². The molecular formula is C59H36O. The van der Waals surface area contributed by atoms with Gasteiger partial charge in [0.05, 0.1) is 5.41 Å². The van der Waals surface area contributed by atoms with Crippen molar-refractivity contribution in [1.82, 2.24) is 0 Å². The quantitative estimate of drug-likeness (QED) is 0.129. The van der Waals surface area contributed by atoms with Gasteiger partial charge in [0.1, 0.15) is 11.2 Å². The molecule has 0 N–H and O–H groups in total. The van der Waals surface area contributed by atoms with E-state index in [0.29, 0.717) is 0 Å². The molecule has 0 unspecified atom stereocenters. The molecule has 11 aromatic carbocycles. The van der Waals surface area contributed by atoms with E-state index in [1.165, 1.54) is 93.2 Å². The molecule has 60 heavy (non-hydrogen) atoms. The molecule has 13 rings (SSSR count). The summed E-state index contributed by atoms with van der Waals surface area (Å²) in [6.07, 6.45) is 0. The van der Waals surface area contributed by atoms with Gasteiger partial charge in [0.25, 0.3) is 0 Å². The van der Waals surface area contributed by atoms with Crippen LogP contribution in [0.3, 0.4) is 0 Å². The van der Waals surface area contributed by atoms with E-state index in [9.17, 15) is 0 Å². The fourth-order valence-electron chi connectivity index (χ4n) is 10.8. The van der Waals surface area contributed by atoms with E-state index in [1.807, 2.05) is 6.07 Å². The lowest BCUT2D eigenvalue weighted by molar-refractivity contribution is 0.669. The number of para-hydroxylation sites is 1. The molecule has 0 amide bonds. The van der Waals surface area contributed by atoms with E-state index >= 15 is 0 Å². The molecule has 1 nitrogen and oxygen atoms in total. The van der Waals surface area contributed by atoms with Crippen LogP contribution in [0, 0.1) is 0 Å². The molecule has 0 spiro atoms. The fraction of sp³-hybridized carbons (Fsp3) is 0.0169. The maximum absolute atomic E-state index is 6.56. The first-order valence-corrected chi connectivity index (χ1v) is 20.8. The number of furan rings is 1. The first-order chi connectivity index (χ1) is 29.8. The topological polar surface area (TPSA) is 13.1 Å². The van der Waals surface area contributed by atoms with Crippen LogP contribution in [0.4, 0.5) is 0 Å². The van der Waals surface area contributed by atoms with Gasteiger partial charge in [-0.05, 0) is 135 Å². The monoisotopic (exact) mass is 760 g/mol. The minimum Gasteiger partial charge on any atom is -0.456 e. The summed E-state index contributed by atoms with van der Waals surface area (Å²) in [4.78, 5) is 0. The summed E-state index contributed by atoms with van der Waals surface area (Å²) in [5, 5.41) is 12.3. The minimum atomic E-state index is -0.613. The second kappa shape index (κ2) is 12.6. The average molecular weight is 761 g/mol. The zero-order chi connectivity index (χ0) is 39.4. The summed E-state index contributed by atoms with van der Waals surface area (Å²) in [6, 6.07) is 80.9. The van der Waals surface area contributed by atoms with Crippen LogP contribution in [0.5, 0.6) is 0 Å². The highest BCUT2D eigenvalue weighted by Gasteiger charge is 2.47. The van der Waals surface area contributed by atoms with Crippen LogP contribution in [0.1, 0.15) is 22.3 Å². The van der Waals surface area contributed by atoms with Crippen LogP contribution in [0.2, 0.25) is 0 Å². The number of rotatable bonds is 4. The zero-order valence-corrected chi connectivity index (χ0v) is 32.7. The molecule has 0 aliphatic heterocycles. The molecule has 0 saturated carbocycles. The summed E-state index contributed by atoms with van der Waals surface area (Å²) >= 11 is 0. The van der Waals surface area contributed by atoms with Gasteiger partial charge in [-0.25, -0.2) is 0 Å². The molecule has 0 saturated heterocycles. The molecule has 1 heteroatoms. The largest absolute Gasteiger partial charge is 0.456 e. The van der Waals surface area contributed by atoms with Gasteiger partial charge in [0, 0.05) is 10.8 Å². The predicted octanol–water partition coefficient (Wildman–Crippen LogP) is 15.9. The first-order valence-electron chi connectivity index (χ1n) is 20.8. The number of hydrogen-bond donors (Lipinski definition) is 0. The Hall–Kier alpha value is -7.74. The van der Waals surface area contributed by atoms with Crippen LogP contribution in [0.15, 0.2) is 223 Å². The standard InChI is InChI=1S/C59H36O/c1-3-18-42(19-4-1)59(43-20-5-2-6-21-43)52-35-40(56-45-23-11-8-16-38(45)33-51-44-22-10-7-15-37(44)27-31-49(51)56)29-32-50(52)58-53(59)34-39-17-9-12-24-46(39)57(58)41-28-30-48-47-25-13-14-26-54(47)60-55(48)36-41/h1-36H. The highest BCUT2D eigenvalue weighted by Crippen LogP contribution is 2.60. The van der Waals surface area contributed by atoms with Crippen molar-refractivity contribution in [2.75, 3.05) is 0 Å². The Balaban J connectivity index is 1.18.